The van der Waals surface area contributed by atoms with Gasteiger partial charge in [0.2, 0.25) is 0 Å². The van der Waals surface area contributed by atoms with Gasteiger partial charge in [-0.25, -0.2) is 9.69 Å². The van der Waals surface area contributed by atoms with Crippen LogP contribution in [0.25, 0.3) is 0 Å². The predicted octanol–water partition coefficient (Wildman–Crippen LogP) is -0.863. The third kappa shape index (κ3) is 8.87. The van der Waals surface area contributed by atoms with Crippen LogP contribution in [0.1, 0.15) is 34.1 Å². The summed E-state index contributed by atoms with van der Waals surface area (Å²) in [6.45, 7) is 6.06. The van der Waals surface area contributed by atoms with Crippen LogP contribution in [0, 0.1) is 0 Å². The van der Waals surface area contributed by atoms with E-state index >= 15 is 0 Å². The number of carbonyl (C=O) groups excluding carboxylic acids is 1. The number of aliphatic hydroxyl groups excluding tert-OH is 2. The molecule has 0 heterocycles. The van der Waals surface area contributed by atoms with Gasteiger partial charge in [-0.2, -0.15) is 0 Å². The largest absolute Gasteiger partial charge is 0.462 e. The van der Waals surface area contributed by atoms with E-state index < -0.39 is 17.4 Å². The number of hydrogen-bond acceptors (Lipinski definition) is 8. The number of carbonyl (C=O) groups is 1. The molecule has 0 spiro atoms. The van der Waals surface area contributed by atoms with Crippen LogP contribution in [0.2, 0.25) is 0 Å². The molecule has 0 fully saturated rings. The molecule has 8 nitrogen and oxygen atoms in total. The zero-order valence-electron chi connectivity index (χ0n) is 14.4. The second-order valence-corrected chi connectivity index (χ2v) is 6.14. The lowest BCUT2D eigenvalue weighted by molar-refractivity contribution is -0.196. The first-order valence-electron chi connectivity index (χ1n) is 7.57. The van der Waals surface area contributed by atoms with E-state index in [1.165, 1.54) is 38.8 Å². The van der Waals surface area contributed by atoms with Crippen molar-refractivity contribution in [1.82, 2.24) is 10.2 Å². The molecular formula is C15H30N2O6. The molecule has 23 heavy (non-hydrogen) atoms. The van der Waals surface area contributed by atoms with Crippen molar-refractivity contribution < 1.29 is 30.0 Å². The fourth-order valence-corrected chi connectivity index (χ4v) is 1.98. The Kier molecular flexibility index (Phi) is 9.33. The Balaban J connectivity index is 5.18. The van der Waals surface area contributed by atoms with Gasteiger partial charge in [0.25, 0.3) is 0 Å². The molecule has 0 aromatic heterocycles. The molecule has 0 aliphatic carbocycles. The predicted molar refractivity (Wildman–Crippen MR) is 85.1 cm³/mol. The fraction of sp³-hybridized carbons (Fsp3) is 0.800. The van der Waals surface area contributed by atoms with E-state index in [0.29, 0.717) is 6.42 Å². The standard InChI is InChI=1S/C15H30N2O6/c1-14(2,21)17(15(3,4)22)11-12(10-16-6-8-19)13(20)23-9-5-7-18/h10,16,18-19,21-22H,5-9,11H2,1-4H3. The Labute approximate surface area is 137 Å². The summed E-state index contributed by atoms with van der Waals surface area (Å²) in [7, 11) is 0. The Morgan fingerprint density at radius 2 is 1.70 bits per heavy atom. The highest BCUT2D eigenvalue weighted by atomic mass is 16.5. The smallest absolute Gasteiger partial charge is 0.336 e. The normalized spacial score (nSPS) is 13.3. The molecule has 0 saturated heterocycles. The minimum absolute atomic E-state index is 0.0661. The van der Waals surface area contributed by atoms with Crippen LogP contribution < -0.4 is 5.32 Å². The highest BCUT2D eigenvalue weighted by molar-refractivity contribution is 5.88. The zero-order valence-corrected chi connectivity index (χ0v) is 14.4. The number of aliphatic hydroxyl groups is 4. The van der Waals surface area contributed by atoms with E-state index in [1.54, 1.807) is 0 Å². The van der Waals surface area contributed by atoms with Crippen LogP contribution in [-0.4, -0.2) is 75.7 Å². The molecule has 0 saturated carbocycles. The summed E-state index contributed by atoms with van der Waals surface area (Å²) < 4.78 is 5.04. The van der Waals surface area contributed by atoms with Crippen LogP contribution in [0.5, 0.6) is 0 Å². The van der Waals surface area contributed by atoms with Crippen molar-refractivity contribution >= 4 is 5.97 Å². The maximum atomic E-state index is 12.1. The number of nitrogens with one attached hydrogen (secondary N) is 1. The molecule has 0 radical (unpaired) electrons. The summed E-state index contributed by atoms with van der Waals surface area (Å²) in [6.07, 6.45) is 1.71. The van der Waals surface area contributed by atoms with Gasteiger partial charge in [-0.1, -0.05) is 0 Å². The summed E-state index contributed by atoms with van der Waals surface area (Å²) in [6, 6.07) is 0. The minimum Gasteiger partial charge on any atom is -0.462 e. The highest BCUT2D eigenvalue weighted by Crippen LogP contribution is 2.23. The third-order valence-corrected chi connectivity index (χ3v) is 2.98. The highest BCUT2D eigenvalue weighted by Gasteiger charge is 2.36. The number of esters is 1. The molecule has 0 unspecified atom stereocenters. The maximum Gasteiger partial charge on any atom is 0.336 e. The van der Waals surface area contributed by atoms with Crippen molar-refractivity contribution in [3.8, 4) is 0 Å². The van der Waals surface area contributed by atoms with Crippen LogP contribution in [0.4, 0.5) is 0 Å². The van der Waals surface area contributed by atoms with Gasteiger partial charge in [0.05, 0.1) is 18.8 Å². The Morgan fingerprint density at radius 1 is 1.13 bits per heavy atom. The van der Waals surface area contributed by atoms with E-state index in [9.17, 15) is 15.0 Å². The summed E-state index contributed by atoms with van der Waals surface area (Å²) in [4.78, 5) is 13.5. The molecule has 8 heteroatoms. The van der Waals surface area contributed by atoms with E-state index in [0.717, 1.165) is 0 Å². The van der Waals surface area contributed by atoms with E-state index in [2.05, 4.69) is 5.32 Å². The summed E-state index contributed by atoms with van der Waals surface area (Å²) >= 11 is 0. The number of nitrogens with zero attached hydrogens (tertiary/aromatic N) is 1. The van der Waals surface area contributed by atoms with E-state index in [1.807, 2.05) is 0 Å². The van der Waals surface area contributed by atoms with Gasteiger partial charge >= 0.3 is 5.97 Å². The molecule has 0 atom stereocenters. The lowest BCUT2D eigenvalue weighted by Crippen LogP contribution is -2.56. The first kappa shape index (κ1) is 21.8. The summed E-state index contributed by atoms with van der Waals surface area (Å²) in [5, 5.41) is 40.7. The van der Waals surface area contributed by atoms with Crippen LogP contribution in [-0.2, 0) is 9.53 Å². The van der Waals surface area contributed by atoms with Crippen LogP contribution >= 0.6 is 0 Å². The molecule has 0 bridgehead atoms. The number of rotatable bonds is 11. The molecule has 0 aromatic rings. The quantitative estimate of drug-likeness (QED) is 0.143. The van der Waals surface area contributed by atoms with Gasteiger partial charge in [-0.15, -0.1) is 0 Å². The SMILES string of the molecule is CC(C)(O)N(CC(=CNCCO)C(=O)OCCCO)C(C)(C)O. The summed E-state index contributed by atoms with van der Waals surface area (Å²) in [5.74, 6) is -0.623. The minimum atomic E-state index is -1.38. The zero-order chi connectivity index (χ0) is 18.1. The fourth-order valence-electron chi connectivity index (χ4n) is 1.98. The molecule has 0 aromatic carbocycles. The van der Waals surface area contributed by atoms with Crippen molar-refractivity contribution in [3.63, 3.8) is 0 Å². The van der Waals surface area contributed by atoms with Crippen molar-refractivity contribution in [1.29, 1.82) is 0 Å². The first-order valence-corrected chi connectivity index (χ1v) is 7.57. The summed E-state index contributed by atoms with van der Waals surface area (Å²) in [5.41, 5.74) is -2.57. The molecule has 0 aliphatic heterocycles. The number of ether oxygens (including phenoxy) is 1. The van der Waals surface area contributed by atoms with Crippen molar-refractivity contribution in [2.45, 2.75) is 45.6 Å². The van der Waals surface area contributed by atoms with E-state index in [-0.39, 0.29) is 38.5 Å². The van der Waals surface area contributed by atoms with Gasteiger partial charge in [-0.05, 0) is 27.7 Å². The van der Waals surface area contributed by atoms with Gasteiger partial charge in [0, 0.05) is 32.3 Å². The molecule has 136 valence electrons. The van der Waals surface area contributed by atoms with Gasteiger partial charge in [-0.3, -0.25) is 0 Å². The van der Waals surface area contributed by atoms with Crippen LogP contribution in [0.3, 0.4) is 0 Å². The Morgan fingerprint density at radius 3 is 2.13 bits per heavy atom. The molecule has 0 rings (SSSR count). The lowest BCUT2D eigenvalue weighted by Gasteiger charge is -2.42. The second-order valence-electron chi connectivity index (χ2n) is 6.14. The molecule has 0 aliphatic rings. The van der Waals surface area contributed by atoms with Crippen molar-refractivity contribution in [2.24, 2.45) is 0 Å². The van der Waals surface area contributed by atoms with Crippen LogP contribution in [0.15, 0.2) is 11.8 Å². The van der Waals surface area contributed by atoms with E-state index in [4.69, 9.17) is 14.9 Å². The van der Waals surface area contributed by atoms with Crippen molar-refractivity contribution in [2.75, 3.05) is 32.9 Å². The third-order valence-electron chi connectivity index (χ3n) is 2.98. The monoisotopic (exact) mass is 334 g/mol. The lowest BCUT2D eigenvalue weighted by atomic mass is 10.1. The van der Waals surface area contributed by atoms with Gasteiger partial charge in [0.1, 0.15) is 11.4 Å². The van der Waals surface area contributed by atoms with Gasteiger partial charge < -0.3 is 30.5 Å². The topological polar surface area (TPSA) is 122 Å². The second kappa shape index (κ2) is 9.84. The molecular weight excluding hydrogens is 304 g/mol. The average molecular weight is 334 g/mol. The average Bonchev–Trinajstić information content (AvgIpc) is 2.39. The Bertz CT molecular complexity index is 370. The molecule has 0 amide bonds. The Hall–Kier alpha value is -1.19. The van der Waals surface area contributed by atoms with Gasteiger partial charge in [0.15, 0.2) is 0 Å². The molecule has 5 N–H and O–H groups in total. The maximum absolute atomic E-state index is 12.1. The number of hydrogen-bond donors (Lipinski definition) is 5. The van der Waals surface area contributed by atoms with Crippen molar-refractivity contribution in [3.05, 3.63) is 11.8 Å². The first-order chi connectivity index (χ1) is 10.5.